The summed E-state index contributed by atoms with van der Waals surface area (Å²) in [4.78, 5) is 16.1. The molecule has 0 spiro atoms. The van der Waals surface area contributed by atoms with Gasteiger partial charge in [-0.3, -0.25) is 4.57 Å². The number of fused-ring (bicyclic) bond motifs is 10. The maximum Gasteiger partial charge on any atom is 0.238 e. The van der Waals surface area contributed by atoms with Crippen LogP contribution in [0.25, 0.3) is 122 Å². The molecule has 4 heterocycles. The summed E-state index contributed by atoms with van der Waals surface area (Å²) in [5.74, 6) is 1.61. The van der Waals surface area contributed by atoms with Gasteiger partial charge < -0.3 is 8.98 Å². The molecule has 6 heteroatoms. The number of benzene rings is 9. The Bertz CT molecular complexity index is 3900. The molecule has 0 atom stereocenters. The van der Waals surface area contributed by atoms with Crippen molar-refractivity contribution in [3.63, 3.8) is 0 Å². The van der Waals surface area contributed by atoms with Gasteiger partial charge >= 0.3 is 0 Å². The van der Waals surface area contributed by atoms with Crippen LogP contribution in [0.2, 0.25) is 0 Å². The Labute approximate surface area is 361 Å². The fourth-order valence-electron chi connectivity index (χ4n) is 9.63. The first-order chi connectivity index (χ1) is 31.3. The molecule has 0 radical (unpaired) electrons. The van der Waals surface area contributed by atoms with Crippen molar-refractivity contribution in [3.8, 4) is 56.7 Å². The summed E-state index contributed by atoms with van der Waals surface area (Å²) in [5, 5.41) is 6.57. The Hall–Kier alpha value is -8.61. The van der Waals surface area contributed by atoms with E-state index in [1.165, 1.54) is 5.39 Å². The second-order valence-corrected chi connectivity index (χ2v) is 15.9. The van der Waals surface area contributed by atoms with E-state index in [0.29, 0.717) is 17.6 Å². The van der Waals surface area contributed by atoms with Crippen LogP contribution in [-0.4, -0.2) is 24.1 Å². The average Bonchev–Trinajstić information content (AvgIpc) is 4.03. The topological polar surface area (TPSA) is 61.7 Å². The molecular formula is C57H35N5O. The maximum absolute atomic E-state index is 6.93. The van der Waals surface area contributed by atoms with E-state index in [4.69, 9.17) is 19.4 Å². The predicted molar refractivity (Wildman–Crippen MR) is 258 cm³/mol. The molecular weight excluding hydrogens is 771 g/mol. The Morgan fingerprint density at radius 1 is 0.302 bits per heavy atom. The molecule has 294 valence electrons. The zero-order valence-corrected chi connectivity index (χ0v) is 33.9. The van der Waals surface area contributed by atoms with Crippen LogP contribution in [0.5, 0.6) is 0 Å². The van der Waals surface area contributed by atoms with E-state index >= 15 is 0 Å². The first kappa shape index (κ1) is 35.2. The van der Waals surface area contributed by atoms with Gasteiger partial charge in [-0.05, 0) is 35.4 Å². The number of hydrogen-bond donors (Lipinski definition) is 0. The third-order valence-electron chi connectivity index (χ3n) is 12.4. The van der Waals surface area contributed by atoms with Gasteiger partial charge in [0.05, 0.1) is 33.3 Å². The highest BCUT2D eigenvalue weighted by Crippen LogP contribution is 2.44. The first-order valence-corrected chi connectivity index (χ1v) is 21.2. The number of furan rings is 1. The molecule has 0 amide bonds. The van der Waals surface area contributed by atoms with Gasteiger partial charge in [0.15, 0.2) is 11.6 Å². The summed E-state index contributed by atoms with van der Waals surface area (Å²) in [6, 6.07) is 74.3. The standard InChI is InChI=1S/C57H35N5O/c1-4-18-36(19-5-1)39-24-10-13-31-48(39)61-49-32-14-11-25-41(49)43-34-35-44-42-26-12-15-33-50(42)62(52(44)51(43)61)57-59-55(38-22-8-3-9-23-38)58-56(60-57)47-30-17-29-46-45-28-16-27-40(53(45)63-54(46)47)37-20-6-2-7-21-37/h1-35H. The van der Waals surface area contributed by atoms with Crippen LogP contribution in [-0.2, 0) is 0 Å². The van der Waals surface area contributed by atoms with Gasteiger partial charge in [0, 0.05) is 49.0 Å². The van der Waals surface area contributed by atoms with Crippen LogP contribution in [0, 0.1) is 0 Å². The fourth-order valence-corrected chi connectivity index (χ4v) is 9.63. The van der Waals surface area contributed by atoms with Gasteiger partial charge in [-0.1, -0.05) is 188 Å². The van der Waals surface area contributed by atoms with Gasteiger partial charge in [-0.25, -0.2) is 4.98 Å². The third-order valence-corrected chi connectivity index (χ3v) is 12.4. The van der Waals surface area contributed by atoms with Crippen LogP contribution in [0.15, 0.2) is 217 Å². The quantitative estimate of drug-likeness (QED) is 0.168. The van der Waals surface area contributed by atoms with Crippen molar-refractivity contribution in [1.82, 2.24) is 24.1 Å². The SMILES string of the molecule is c1ccc(-c2nc(-c3cccc4c3oc3c(-c5ccccc5)cccc34)nc(-n3c4ccccc4c4ccc5c6ccccc6n(-c6ccccc6-c6ccccc6)c5c43)n2)cc1. The monoisotopic (exact) mass is 805 g/mol. The predicted octanol–water partition coefficient (Wildman–Crippen LogP) is 14.6. The van der Waals surface area contributed by atoms with Gasteiger partial charge in [0.2, 0.25) is 5.95 Å². The molecule has 0 unspecified atom stereocenters. The fraction of sp³-hybridized carbons (Fsp3) is 0. The second-order valence-electron chi connectivity index (χ2n) is 15.9. The lowest BCUT2D eigenvalue weighted by Crippen LogP contribution is -2.07. The van der Waals surface area contributed by atoms with Crippen LogP contribution >= 0.6 is 0 Å². The highest BCUT2D eigenvalue weighted by molar-refractivity contribution is 6.24. The average molecular weight is 806 g/mol. The molecule has 4 aromatic heterocycles. The third kappa shape index (κ3) is 5.41. The molecule has 13 rings (SSSR count). The minimum Gasteiger partial charge on any atom is -0.455 e. The summed E-state index contributed by atoms with van der Waals surface area (Å²) in [5.41, 5.74) is 13.0. The molecule has 6 nitrogen and oxygen atoms in total. The van der Waals surface area contributed by atoms with Gasteiger partial charge in [-0.15, -0.1) is 0 Å². The smallest absolute Gasteiger partial charge is 0.238 e. The van der Waals surface area contributed by atoms with Crippen LogP contribution in [0.4, 0.5) is 0 Å². The Morgan fingerprint density at radius 3 is 1.43 bits per heavy atom. The number of rotatable bonds is 6. The van der Waals surface area contributed by atoms with E-state index in [2.05, 4.69) is 197 Å². The Morgan fingerprint density at radius 2 is 0.762 bits per heavy atom. The number of aromatic nitrogens is 5. The molecule has 0 saturated carbocycles. The molecule has 0 bridgehead atoms. The van der Waals surface area contributed by atoms with Crippen molar-refractivity contribution in [2.24, 2.45) is 0 Å². The lowest BCUT2D eigenvalue weighted by Gasteiger charge is -2.16. The summed E-state index contributed by atoms with van der Waals surface area (Å²) >= 11 is 0. The molecule has 0 saturated heterocycles. The molecule has 63 heavy (non-hydrogen) atoms. The second kappa shape index (κ2) is 14.0. The van der Waals surface area contributed by atoms with Gasteiger partial charge in [0.25, 0.3) is 0 Å². The highest BCUT2D eigenvalue weighted by Gasteiger charge is 2.25. The highest BCUT2D eigenvalue weighted by atomic mass is 16.3. The number of para-hydroxylation sites is 5. The van der Waals surface area contributed by atoms with Crippen molar-refractivity contribution in [2.75, 3.05) is 0 Å². The largest absolute Gasteiger partial charge is 0.455 e. The molecule has 0 fully saturated rings. The maximum atomic E-state index is 6.93. The van der Waals surface area contributed by atoms with Gasteiger partial charge in [-0.2, -0.15) is 9.97 Å². The van der Waals surface area contributed by atoms with Crippen molar-refractivity contribution in [3.05, 3.63) is 212 Å². The zero-order chi connectivity index (χ0) is 41.4. The van der Waals surface area contributed by atoms with E-state index in [1.54, 1.807) is 0 Å². The van der Waals surface area contributed by atoms with Crippen LogP contribution in [0.3, 0.4) is 0 Å². The lowest BCUT2D eigenvalue weighted by molar-refractivity contribution is 0.670. The van der Waals surface area contributed by atoms with Crippen LogP contribution < -0.4 is 0 Å². The minimum absolute atomic E-state index is 0.517. The molecule has 9 aromatic carbocycles. The van der Waals surface area contributed by atoms with Crippen molar-refractivity contribution >= 4 is 65.6 Å². The Balaban J connectivity index is 1.15. The summed E-state index contributed by atoms with van der Waals surface area (Å²) in [6.07, 6.45) is 0. The zero-order valence-electron chi connectivity index (χ0n) is 33.9. The molecule has 13 aromatic rings. The summed E-state index contributed by atoms with van der Waals surface area (Å²) in [7, 11) is 0. The number of nitrogens with zero attached hydrogens (tertiary/aromatic N) is 5. The van der Waals surface area contributed by atoms with E-state index in [-0.39, 0.29) is 0 Å². The van der Waals surface area contributed by atoms with E-state index in [9.17, 15) is 0 Å². The van der Waals surface area contributed by atoms with Crippen molar-refractivity contribution < 1.29 is 4.42 Å². The Kier molecular flexibility index (Phi) is 7.80. The van der Waals surface area contributed by atoms with Crippen molar-refractivity contribution in [1.29, 1.82) is 0 Å². The number of hydrogen-bond acceptors (Lipinski definition) is 4. The summed E-state index contributed by atoms with van der Waals surface area (Å²) in [6.45, 7) is 0. The molecule has 0 N–H and O–H groups in total. The normalized spacial score (nSPS) is 11.8. The van der Waals surface area contributed by atoms with E-state index in [1.807, 2.05) is 24.3 Å². The molecule has 0 aliphatic heterocycles. The van der Waals surface area contributed by atoms with Gasteiger partial charge in [0.1, 0.15) is 11.2 Å². The molecule has 0 aliphatic rings. The minimum atomic E-state index is 0.517. The van der Waals surface area contributed by atoms with E-state index < -0.39 is 0 Å². The summed E-state index contributed by atoms with van der Waals surface area (Å²) < 4.78 is 11.6. The first-order valence-electron chi connectivity index (χ1n) is 21.2. The lowest BCUT2D eigenvalue weighted by atomic mass is 10.0. The van der Waals surface area contributed by atoms with Crippen LogP contribution in [0.1, 0.15) is 0 Å². The van der Waals surface area contributed by atoms with Crippen molar-refractivity contribution in [2.45, 2.75) is 0 Å². The molecule has 0 aliphatic carbocycles. The van der Waals surface area contributed by atoms with E-state index in [0.717, 1.165) is 99.2 Å².